The van der Waals surface area contributed by atoms with Crippen LogP contribution in [0.2, 0.25) is 0 Å². The van der Waals surface area contributed by atoms with E-state index < -0.39 is 0 Å². The van der Waals surface area contributed by atoms with Crippen molar-refractivity contribution in [3.8, 4) is 11.4 Å². The van der Waals surface area contributed by atoms with E-state index in [1.165, 1.54) is 5.57 Å². The Kier molecular flexibility index (Phi) is 8.13. The van der Waals surface area contributed by atoms with Crippen LogP contribution in [0.4, 0.5) is 5.69 Å². The third kappa shape index (κ3) is 5.27. The molecule has 0 aliphatic heterocycles. The van der Waals surface area contributed by atoms with Crippen LogP contribution < -0.4 is 10.9 Å². The minimum Gasteiger partial charge on any atom is -0.456 e. The maximum absolute atomic E-state index is 13.6. The summed E-state index contributed by atoms with van der Waals surface area (Å²) >= 11 is 0. The van der Waals surface area contributed by atoms with Crippen LogP contribution in [-0.4, -0.2) is 21.8 Å². The largest absolute Gasteiger partial charge is 0.456 e. The number of anilines is 1. The molecule has 0 bridgehead atoms. The zero-order chi connectivity index (χ0) is 25.9. The van der Waals surface area contributed by atoms with Crippen LogP contribution in [0.5, 0.6) is 0 Å². The number of para-hydroxylation sites is 1. The first kappa shape index (κ1) is 26.9. The summed E-state index contributed by atoms with van der Waals surface area (Å²) in [5.41, 5.74) is 6.75. The molecule has 0 amide bonds. The number of nitrogens with one attached hydrogen (secondary N) is 1. The number of hydrogen-bond donors (Lipinski definition) is 2. The van der Waals surface area contributed by atoms with E-state index in [1.54, 1.807) is 10.8 Å². The van der Waals surface area contributed by atoms with Gasteiger partial charge in [0.2, 0.25) is 0 Å². The van der Waals surface area contributed by atoms with Crippen LogP contribution in [0.15, 0.2) is 93.8 Å². The van der Waals surface area contributed by atoms with Gasteiger partial charge in [-0.2, -0.15) is 0 Å². The molecular formula is C32H35N3O3. The highest BCUT2D eigenvalue weighted by Gasteiger charge is 2.17. The molecule has 2 aromatic heterocycles. The average molecular weight is 510 g/mol. The normalized spacial score (nSPS) is 12.9. The zero-order valence-corrected chi connectivity index (χ0v) is 21.4. The van der Waals surface area contributed by atoms with Gasteiger partial charge in [0.15, 0.2) is 0 Å². The molecule has 1 unspecified atom stereocenters. The molecule has 1 atom stereocenters. The number of furan rings is 1. The summed E-state index contributed by atoms with van der Waals surface area (Å²) < 4.78 is 7.75. The Morgan fingerprint density at radius 3 is 2.50 bits per heavy atom. The highest BCUT2D eigenvalue weighted by molar-refractivity contribution is 6.05. The molecule has 1 fully saturated rings. The van der Waals surface area contributed by atoms with Gasteiger partial charge in [-0.1, -0.05) is 67.6 Å². The summed E-state index contributed by atoms with van der Waals surface area (Å²) in [5.74, 6) is 0.704. The first-order valence-electron chi connectivity index (χ1n) is 12.5. The van der Waals surface area contributed by atoms with Crippen LogP contribution in [0, 0.1) is 6.92 Å². The minimum atomic E-state index is -0.0814. The van der Waals surface area contributed by atoms with Crippen LogP contribution in [0.1, 0.15) is 44.4 Å². The molecule has 1 saturated carbocycles. The van der Waals surface area contributed by atoms with Crippen molar-refractivity contribution < 1.29 is 9.52 Å². The fraction of sp³-hybridized carbons (Fsp3) is 0.250. The van der Waals surface area contributed by atoms with Gasteiger partial charge in [-0.05, 0) is 56.0 Å². The lowest BCUT2D eigenvalue weighted by molar-refractivity contribution is 0.399. The summed E-state index contributed by atoms with van der Waals surface area (Å²) in [7, 11) is 1.00. The van der Waals surface area contributed by atoms with Crippen LogP contribution in [-0.2, 0) is 6.54 Å². The van der Waals surface area contributed by atoms with Crippen molar-refractivity contribution in [1.82, 2.24) is 9.55 Å². The van der Waals surface area contributed by atoms with Gasteiger partial charge in [-0.25, -0.2) is 4.98 Å². The first-order valence-corrected chi connectivity index (χ1v) is 12.5. The molecule has 0 saturated heterocycles. The minimum absolute atomic E-state index is 0. The highest BCUT2D eigenvalue weighted by Crippen LogP contribution is 2.31. The van der Waals surface area contributed by atoms with Gasteiger partial charge in [-0.3, -0.25) is 9.36 Å². The molecule has 0 spiro atoms. The van der Waals surface area contributed by atoms with Gasteiger partial charge < -0.3 is 14.8 Å². The van der Waals surface area contributed by atoms with Crippen molar-refractivity contribution in [1.29, 1.82) is 0 Å². The molecule has 0 radical (unpaired) electrons. The molecule has 38 heavy (non-hydrogen) atoms. The molecule has 196 valence electrons. The number of allylic oxidation sites excluding steroid dienone is 2. The SMILES string of the molecule is C.CO.Cc1ccccc1-c1ncc(NC(C)c2ccc3oc4ccccc4c3c2)c(=O)n1CC=C1CC1. The second-order valence-electron chi connectivity index (χ2n) is 9.31. The van der Waals surface area contributed by atoms with Gasteiger partial charge in [0, 0.05) is 36.0 Å². The molecule has 6 heteroatoms. The maximum Gasteiger partial charge on any atom is 0.277 e. The third-order valence-electron chi connectivity index (χ3n) is 6.81. The third-order valence-corrected chi connectivity index (χ3v) is 6.81. The number of fused-ring (bicyclic) bond motifs is 3. The lowest BCUT2D eigenvalue weighted by atomic mass is 10.0. The quantitative estimate of drug-likeness (QED) is 0.236. The number of nitrogens with zero attached hydrogens (tertiary/aromatic N) is 2. The van der Waals surface area contributed by atoms with E-state index in [1.807, 2.05) is 48.5 Å². The van der Waals surface area contributed by atoms with E-state index in [0.29, 0.717) is 18.1 Å². The molecule has 2 N–H and O–H groups in total. The molecule has 6 rings (SSSR count). The maximum atomic E-state index is 13.6. The Morgan fingerprint density at radius 2 is 1.74 bits per heavy atom. The van der Waals surface area contributed by atoms with E-state index in [0.717, 1.165) is 58.6 Å². The Labute approximate surface area is 223 Å². The Bertz CT molecular complexity index is 1660. The van der Waals surface area contributed by atoms with Crippen LogP contribution in [0.25, 0.3) is 33.3 Å². The van der Waals surface area contributed by atoms with E-state index in [-0.39, 0.29) is 19.0 Å². The molecule has 1 aliphatic rings. The lowest BCUT2D eigenvalue weighted by Crippen LogP contribution is -2.26. The summed E-state index contributed by atoms with van der Waals surface area (Å²) in [5, 5.41) is 12.6. The lowest BCUT2D eigenvalue weighted by Gasteiger charge is -2.18. The van der Waals surface area contributed by atoms with Gasteiger partial charge in [0.05, 0.1) is 6.20 Å². The molecule has 3 aromatic carbocycles. The Balaban J connectivity index is 0.00000110. The van der Waals surface area contributed by atoms with Crippen LogP contribution >= 0.6 is 0 Å². The number of aliphatic hydroxyl groups is 1. The number of hydrogen-bond acceptors (Lipinski definition) is 5. The van der Waals surface area contributed by atoms with E-state index in [4.69, 9.17) is 14.5 Å². The number of aryl methyl sites for hydroxylation is 1. The molecule has 6 nitrogen and oxygen atoms in total. The van der Waals surface area contributed by atoms with Crippen molar-refractivity contribution in [3.63, 3.8) is 0 Å². The van der Waals surface area contributed by atoms with Gasteiger partial charge in [0.1, 0.15) is 22.7 Å². The molecule has 5 aromatic rings. The van der Waals surface area contributed by atoms with Crippen molar-refractivity contribution in [2.75, 3.05) is 12.4 Å². The molecule has 1 aliphatic carbocycles. The molecule has 2 heterocycles. The number of aromatic nitrogens is 2. The Hall–Kier alpha value is -4.16. The second kappa shape index (κ2) is 11.5. The number of benzene rings is 3. The summed E-state index contributed by atoms with van der Waals surface area (Å²) in [6.45, 7) is 4.64. The van der Waals surface area contributed by atoms with E-state index in [2.05, 4.69) is 43.4 Å². The summed E-state index contributed by atoms with van der Waals surface area (Å²) in [4.78, 5) is 18.4. The standard InChI is InChI=1S/C30H27N3O2.CH4O.CH4/c1-19-7-3-4-8-23(19)29-31-18-26(30(34)33(29)16-15-21-11-12-21)32-20(2)22-13-14-28-25(17-22)24-9-5-6-10-27(24)35-28;1-2;/h3-10,13-15,17-18,20,32H,11-12,16H2,1-2H3;2H,1H3;1H4. The predicted octanol–water partition coefficient (Wildman–Crippen LogP) is 7.26. The van der Waals surface area contributed by atoms with E-state index in [9.17, 15) is 4.79 Å². The molecular weight excluding hydrogens is 474 g/mol. The fourth-order valence-electron chi connectivity index (χ4n) is 4.63. The van der Waals surface area contributed by atoms with Crippen molar-refractivity contribution in [2.45, 2.75) is 46.7 Å². The van der Waals surface area contributed by atoms with Crippen molar-refractivity contribution in [3.05, 3.63) is 106 Å². The van der Waals surface area contributed by atoms with Crippen molar-refractivity contribution in [2.24, 2.45) is 0 Å². The second-order valence-corrected chi connectivity index (χ2v) is 9.31. The van der Waals surface area contributed by atoms with E-state index >= 15 is 0 Å². The summed E-state index contributed by atoms with van der Waals surface area (Å²) in [6.07, 6.45) is 6.09. The van der Waals surface area contributed by atoms with Gasteiger partial charge in [0.25, 0.3) is 5.56 Å². The van der Waals surface area contributed by atoms with Crippen LogP contribution in [0.3, 0.4) is 0 Å². The van der Waals surface area contributed by atoms with Gasteiger partial charge in [-0.15, -0.1) is 0 Å². The summed E-state index contributed by atoms with van der Waals surface area (Å²) in [6, 6.07) is 22.2. The topological polar surface area (TPSA) is 80.3 Å². The first-order chi connectivity index (χ1) is 18.1. The Morgan fingerprint density at radius 1 is 1.03 bits per heavy atom. The zero-order valence-electron chi connectivity index (χ0n) is 21.4. The predicted molar refractivity (Wildman–Crippen MR) is 157 cm³/mol. The average Bonchev–Trinajstić information content (AvgIpc) is 3.69. The van der Waals surface area contributed by atoms with Gasteiger partial charge >= 0.3 is 0 Å². The van der Waals surface area contributed by atoms with Crippen molar-refractivity contribution >= 4 is 27.6 Å². The highest BCUT2D eigenvalue weighted by atomic mass is 16.3. The fourth-order valence-corrected chi connectivity index (χ4v) is 4.63. The number of rotatable bonds is 6. The smallest absolute Gasteiger partial charge is 0.277 e. The number of aliphatic hydroxyl groups excluding tert-OH is 1. The monoisotopic (exact) mass is 509 g/mol.